The van der Waals surface area contributed by atoms with E-state index in [9.17, 15) is 0 Å². The number of nitrogens with zero attached hydrogens (tertiary/aromatic N) is 2. The van der Waals surface area contributed by atoms with Crippen LogP contribution in [0.15, 0.2) is 67.0 Å². The quantitative estimate of drug-likeness (QED) is 0.652. The van der Waals surface area contributed by atoms with Crippen molar-refractivity contribution >= 4 is 0 Å². The lowest BCUT2D eigenvalue weighted by molar-refractivity contribution is -0.682. The SMILES string of the molecule is COc1ccc(COC(c2ccccc2)c2n(C)cc[n+]2C)cc1. The van der Waals surface area contributed by atoms with Crippen molar-refractivity contribution in [2.75, 3.05) is 7.11 Å². The van der Waals surface area contributed by atoms with E-state index in [4.69, 9.17) is 9.47 Å². The summed E-state index contributed by atoms with van der Waals surface area (Å²) in [7, 11) is 5.76. The third-order valence-corrected chi connectivity index (χ3v) is 4.15. The Hall–Kier alpha value is -2.59. The molecule has 3 aromatic rings. The maximum atomic E-state index is 6.31. The van der Waals surface area contributed by atoms with E-state index in [2.05, 4.69) is 21.3 Å². The Kier molecular flexibility index (Phi) is 4.96. The molecule has 0 aliphatic carbocycles. The Balaban J connectivity index is 1.85. The molecule has 0 saturated carbocycles. The number of imidazole rings is 1. The molecule has 0 aliphatic rings. The van der Waals surface area contributed by atoms with Crippen LogP contribution in [-0.4, -0.2) is 11.7 Å². The van der Waals surface area contributed by atoms with Crippen LogP contribution in [0.25, 0.3) is 0 Å². The van der Waals surface area contributed by atoms with E-state index in [1.54, 1.807) is 7.11 Å². The predicted octanol–water partition coefficient (Wildman–Crippen LogP) is 3.16. The lowest BCUT2D eigenvalue weighted by atomic mass is 10.1. The van der Waals surface area contributed by atoms with E-state index in [0.29, 0.717) is 6.61 Å². The Bertz CT molecular complexity index is 760. The van der Waals surface area contributed by atoms with Crippen LogP contribution >= 0.6 is 0 Å². The van der Waals surface area contributed by atoms with Gasteiger partial charge in [0.1, 0.15) is 18.1 Å². The Labute approximate surface area is 142 Å². The molecule has 1 atom stereocenters. The van der Waals surface area contributed by atoms with Gasteiger partial charge in [-0.25, -0.2) is 9.13 Å². The molecule has 0 aliphatic heterocycles. The van der Waals surface area contributed by atoms with Gasteiger partial charge in [0.2, 0.25) is 0 Å². The molecule has 0 N–H and O–H groups in total. The summed E-state index contributed by atoms with van der Waals surface area (Å²) in [4.78, 5) is 0. The summed E-state index contributed by atoms with van der Waals surface area (Å²) in [5.74, 6) is 1.96. The summed E-state index contributed by atoms with van der Waals surface area (Å²) < 4.78 is 15.7. The Morgan fingerprint density at radius 1 is 1.04 bits per heavy atom. The highest BCUT2D eigenvalue weighted by Gasteiger charge is 2.26. The summed E-state index contributed by atoms with van der Waals surface area (Å²) in [6, 6.07) is 18.3. The van der Waals surface area contributed by atoms with Crippen molar-refractivity contribution in [1.82, 2.24) is 4.57 Å². The summed E-state index contributed by atoms with van der Waals surface area (Å²) in [5, 5.41) is 0. The number of aryl methyl sites for hydroxylation is 2. The number of methoxy groups -OCH3 is 1. The molecule has 3 rings (SSSR count). The topological polar surface area (TPSA) is 27.3 Å². The predicted molar refractivity (Wildman–Crippen MR) is 92.7 cm³/mol. The van der Waals surface area contributed by atoms with Crippen molar-refractivity contribution in [2.24, 2.45) is 14.1 Å². The molecule has 0 bridgehead atoms. The highest BCUT2D eigenvalue weighted by Crippen LogP contribution is 2.25. The normalized spacial score (nSPS) is 12.1. The second-order valence-corrected chi connectivity index (χ2v) is 5.83. The minimum Gasteiger partial charge on any atom is -0.497 e. The zero-order chi connectivity index (χ0) is 16.9. The summed E-state index contributed by atoms with van der Waals surface area (Å²) in [6.45, 7) is 0.536. The average Bonchev–Trinajstić information content (AvgIpc) is 2.96. The highest BCUT2D eigenvalue weighted by molar-refractivity contribution is 5.27. The molecular formula is C20H23N2O2+. The molecule has 0 amide bonds. The smallest absolute Gasteiger partial charge is 0.290 e. The fourth-order valence-corrected chi connectivity index (χ4v) is 2.82. The molecule has 0 radical (unpaired) electrons. The molecule has 0 saturated heterocycles. The van der Waals surface area contributed by atoms with E-state index in [1.165, 1.54) is 0 Å². The van der Waals surface area contributed by atoms with Gasteiger partial charge < -0.3 is 9.47 Å². The standard InChI is InChI=1S/C20H23N2O2/c1-21-13-14-22(2)20(21)19(17-7-5-4-6-8-17)24-15-16-9-11-18(23-3)12-10-16/h4-14,19H,15H2,1-3H3/q+1. The molecule has 24 heavy (non-hydrogen) atoms. The van der Waals surface area contributed by atoms with Crippen molar-refractivity contribution in [3.63, 3.8) is 0 Å². The zero-order valence-corrected chi connectivity index (χ0v) is 14.3. The first-order chi connectivity index (χ1) is 11.7. The van der Waals surface area contributed by atoms with Crippen molar-refractivity contribution < 1.29 is 14.0 Å². The van der Waals surface area contributed by atoms with E-state index in [1.807, 2.05) is 69.0 Å². The zero-order valence-electron chi connectivity index (χ0n) is 14.3. The molecule has 2 aromatic carbocycles. The van der Waals surface area contributed by atoms with Crippen molar-refractivity contribution in [3.8, 4) is 5.75 Å². The number of aromatic nitrogens is 2. The van der Waals surface area contributed by atoms with Crippen LogP contribution in [0, 0.1) is 0 Å². The fraction of sp³-hybridized carbons (Fsp3) is 0.250. The lowest BCUT2D eigenvalue weighted by Gasteiger charge is -2.16. The van der Waals surface area contributed by atoms with Crippen molar-refractivity contribution in [1.29, 1.82) is 0 Å². The highest BCUT2D eigenvalue weighted by atomic mass is 16.5. The van der Waals surface area contributed by atoms with E-state index in [-0.39, 0.29) is 6.10 Å². The van der Waals surface area contributed by atoms with Crippen molar-refractivity contribution in [2.45, 2.75) is 12.7 Å². The van der Waals surface area contributed by atoms with Gasteiger partial charge in [-0.05, 0) is 23.3 Å². The van der Waals surface area contributed by atoms with Gasteiger partial charge >= 0.3 is 0 Å². The van der Waals surface area contributed by atoms with Gasteiger partial charge in [-0.1, -0.05) is 42.5 Å². The molecule has 0 fully saturated rings. The molecule has 4 heteroatoms. The van der Waals surface area contributed by atoms with E-state index in [0.717, 1.165) is 22.7 Å². The summed E-state index contributed by atoms with van der Waals surface area (Å²) in [6.07, 6.45) is 3.96. The number of rotatable bonds is 6. The van der Waals surface area contributed by atoms with Gasteiger partial charge in [0.15, 0.2) is 6.10 Å². The molecule has 4 nitrogen and oxygen atoms in total. The Morgan fingerprint density at radius 3 is 2.33 bits per heavy atom. The molecule has 0 spiro atoms. The third-order valence-electron chi connectivity index (χ3n) is 4.15. The minimum atomic E-state index is -0.127. The van der Waals surface area contributed by atoms with E-state index >= 15 is 0 Å². The number of hydrogen-bond donors (Lipinski definition) is 0. The number of ether oxygens (including phenoxy) is 2. The lowest BCUT2D eigenvalue weighted by Crippen LogP contribution is -2.35. The molecule has 1 heterocycles. The molecule has 1 aromatic heterocycles. The molecular weight excluding hydrogens is 300 g/mol. The molecule has 124 valence electrons. The average molecular weight is 323 g/mol. The third kappa shape index (κ3) is 3.49. The van der Waals surface area contributed by atoms with Crippen molar-refractivity contribution in [3.05, 3.63) is 83.9 Å². The van der Waals surface area contributed by atoms with Gasteiger partial charge in [0.25, 0.3) is 5.82 Å². The summed E-state index contributed by atoms with van der Waals surface area (Å²) >= 11 is 0. The van der Waals surface area contributed by atoms with Gasteiger partial charge in [0, 0.05) is 0 Å². The van der Waals surface area contributed by atoms with Gasteiger partial charge in [-0.15, -0.1) is 0 Å². The first-order valence-corrected chi connectivity index (χ1v) is 7.99. The van der Waals surface area contributed by atoms with Gasteiger partial charge in [-0.2, -0.15) is 0 Å². The maximum absolute atomic E-state index is 6.31. The minimum absolute atomic E-state index is 0.127. The first-order valence-electron chi connectivity index (χ1n) is 7.99. The van der Waals surface area contributed by atoms with E-state index < -0.39 is 0 Å². The van der Waals surface area contributed by atoms with Crippen LogP contribution in [-0.2, 0) is 25.4 Å². The number of hydrogen-bond acceptors (Lipinski definition) is 2. The monoisotopic (exact) mass is 323 g/mol. The van der Waals surface area contributed by atoms with Crippen LogP contribution in [0.1, 0.15) is 23.1 Å². The largest absolute Gasteiger partial charge is 0.497 e. The summed E-state index contributed by atoms with van der Waals surface area (Å²) in [5.41, 5.74) is 2.26. The second-order valence-electron chi connectivity index (χ2n) is 5.83. The van der Waals surface area contributed by atoms with Crippen LogP contribution in [0.2, 0.25) is 0 Å². The first kappa shape index (κ1) is 16.3. The van der Waals surface area contributed by atoms with Crippen LogP contribution in [0.3, 0.4) is 0 Å². The molecule has 1 unspecified atom stereocenters. The van der Waals surface area contributed by atoms with Crippen LogP contribution < -0.4 is 9.30 Å². The fourth-order valence-electron chi connectivity index (χ4n) is 2.82. The van der Waals surface area contributed by atoms with Gasteiger partial charge in [-0.3, -0.25) is 0 Å². The van der Waals surface area contributed by atoms with Crippen LogP contribution in [0.5, 0.6) is 5.75 Å². The van der Waals surface area contributed by atoms with Crippen LogP contribution in [0.4, 0.5) is 0 Å². The van der Waals surface area contributed by atoms with Gasteiger partial charge in [0.05, 0.1) is 27.8 Å². The maximum Gasteiger partial charge on any atom is 0.290 e. The second kappa shape index (κ2) is 7.32. The Morgan fingerprint density at radius 2 is 1.75 bits per heavy atom. The number of benzene rings is 2.